The lowest BCUT2D eigenvalue weighted by molar-refractivity contribution is -0.393. The van der Waals surface area contributed by atoms with Crippen LogP contribution in [-0.2, 0) is 0 Å². The number of alkyl halides is 1. The summed E-state index contributed by atoms with van der Waals surface area (Å²) in [5.41, 5.74) is 3.66. The predicted octanol–water partition coefficient (Wildman–Crippen LogP) is 3.42. The summed E-state index contributed by atoms with van der Waals surface area (Å²) in [6.45, 7) is 0. The molecule has 8 nitrogen and oxygen atoms in total. The third-order valence-corrected chi connectivity index (χ3v) is 8.96. The molecule has 6 bridgehead atoms. The lowest BCUT2D eigenvalue weighted by atomic mass is 9.71. The van der Waals surface area contributed by atoms with Crippen LogP contribution in [0.2, 0.25) is 0 Å². The molecule has 6 aliphatic rings. The van der Waals surface area contributed by atoms with E-state index in [0.717, 1.165) is 35.7 Å². The van der Waals surface area contributed by atoms with Crippen molar-refractivity contribution in [1.29, 1.82) is 0 Å². The second-order valence-electron chi connectivity index (χ2n) is 8.23. The number of hydrazone groups is 1. The van der Waals surface area contributed by atoms with Gasteiger partial charge in [-0.2, -0.15) is 5.10 Å². The van der Waals surface area contributed by atoms with Crippen molar-refractivity contribution in [2.45, 2.75) is 11.2 Å². The van der Waals surface area contributed by atoms with Gasteiger partial charge in [0, 0.05) is 28.4 Å². The van der Waals surface area contributed by atoms with E-state index >= 15 is 0 Å². The Morgan fingerprint density at radius 3 is 2.50 bits per heavy atom. The molecule has 26 heavy (non-hydrogen) atoms. The molecule has 7 rings (SSSR count). The number of non-ortho nitro benzene ring substituents is 1. The predicted molar refractivity (Wildman–Crippen MR) is 96.1 cm³/mol. The van der Waals surface area contributed by atoms with Crippen LogP contribution in [0.15, 0.2) is 23.3 Å². The maximum atomic E-state index is 11.3. The first-order valence-electron chi connectivity index (χ1n) is 8.89. The van der Waals surface area contributed by atoms with Gasteiger partial charge < -0.3 is 0 Å². The number of hydrogen-bond acceptors (Lipinski definition) is 6. The number of nitrogens with one attached hydrogen (secondary N) is 1. The van der Waals surface area contributed by atoms with Gasteiger partial charge in [0.15, 0.2) is 0 Å². The lowest BCUT2D eigenvalue weighted by Gasteiger charge is -2.32. The monoisotopic (exact) mass is 418 g/mol. The van der Waals surface area contributed by atoms with E-state index in [0.29, 0.717) is 22.6 Å². The summed E-state index contributed by atoms with van der Waals surface area (Å²) in [6, 6.07) is 3.63. The highest BCUT2D eigenvalue weighted by Crippen LogP contribution is 2.82. The molecule has 9 atom stereocenters. The molecule has 1 aromatic carbocycles. The van der Waals surface area contributed by atoms with E-state index in [4.69, 9.17) is 0 Å². The number of hydrogen-bond donors (Lipinski definition) is 1. The van der Waals surface area contributed by atoms with Crippen molar-refractivity contribution in [1.82, 2.24) is 0 Å². The molecule has 0 unspecified atom stereocenters. The third-order valence-electron chi connectivity index (χ3n) is 7.73. The van der Waals surface area contributed by atoms with Crippen molar-refractivity contribution in [2.75, 3.05) is 5.43 Å². The highest BCUT2D eigenvalue weighted by molar-refractivity contribution is 9.09. The van der Waals surface area contributed by atoms with Crippen LogP contribution in [0.1, 0.15) is 6.42 Å². The fraction of sp³-hybridized carbons (Fsp3) is 0.588. The average molecular weight is 419 g/mol. The Kier molecular flexibility index (Phi) is 2.68. The molecule has 0 saturated heterocycles. The van der Waals surface area contributed by atoms with E-state index in [-0.39, 0.29) is 17.1 Å². The Bertz CT molecular complexity index is 918. The summed E-state index contributed by atoms with van der Waals surface area (Å²) >= 11 is 3.93. The van der Waals surface area contributed by atoms with Gasteiger partial charge in [-0.1, -0.05) is 15.9 Å². The SMILES string of the molecule is O=[N+]([O-])c1ccc(N/N=C2/[C@@H]3[C@@H]4C[C@H]5[C@H]6[C@H](Br)[C@@H]([C@@H]2[C@@H]46)[C@@H]53)c([N+](=O)[O-])c1. The van der Waals surface area contributed by atoms with Crippen molar-refractivity contribution in [3.8, 4) is 0 Å². The highest BCUT2D eigenvalue weighted by Gasteiger charge is 2.82. The molecular formula is C17H15BrN4O4. The largest absolute Gasteiger partial charge is 0.301 e. The molecular weight excluding hydrogens is 404 g/mol. The fourth-order valence-corrected chi connectivity index (χ4v) is 8.80. The van der Waals surface area contributed by atoms with Crippen LogP contribution in [0.25, 0.3) is 0 Å². The Morgan fingerprint density at radius 1 is 1.04 bits per heavy atom. The number of nitro benzene ring substituents is 2. The van der Waals surface area contributed by atoms with E-state index in [1.807, 2.05) is 0 Å². The van der Waals surface area contributed by atoms with Crippen LogP contribution in [0, 0.1) is 67.6 Å². The Hall–Kier alpha value is -2.03. The summed E-state index contributed by atoms with van der Waals surface area (Å²) in [7, 11) is 0. The molecule has 0 radical (unpaired) electrons. The molecule has 1 N–H and O–H groups in total. The zero-order valence-electron chi connectivity index (χ0n) is 13.5. The van der Waals surface area contributed by atoms with Gasteiger partial charge in [0.25, 0.3) is 5.69 Å². The number of rotatable bonds is 4. The van der Waals surface area contributed by atoms with E-state index < -0.39 is 9.85 Å². The van der Waals surface area contributed by atoms with Crippen LogP contribution < -0.4 is 5.43 Å². The topological polar surface area (TPSA) is 111 Å². The van der Waals surface area contributed by atoms with Crippen molar-refractivity contribution < 1.29 is 9.85 Å². The molecule has 1 aromatic rings. The smallest absolute Gasteiger partial charge is 0.272 e. The van der Waals surface area contributed by atoms with Crippen molar-refractivity contribution in [3.05, 3.63) is 38.4 Å². The normalized spacial score (nSPS) is 46.8. The molecule has 0 amide bonds. The van der Waals surface area contributed by atoms with Crippen LogP contribution in [-0.4, -0.2) is 20.4 Å². The van der Waals surface area contributed by atoms with Crippen LogP contribution in [0.3, 0.4) is 0 Å². The first kappa shape index (κ1) is 15.1. The molecule has 6 fully saturated rings. The van der Waals surface area contributed by atoms with Crippen LogP contribution >= 0.6 is 15.9 Å². The number of halogens is 1. The van der Waals surface area contributed by atoms with E-state index in [1.54, 1.807) is 0 Å². The molecule has 134 valence electrons. The summed E-state index contributed by atoms with van der Waals surface area (Å²) in [5, 5.41) is 26.8. The summed E-state index contributed by atoms with van der Waals surface area (Å²) < 4.78 is 0. The van der Waals surface area contributed by atoms with Gasteiger partial charge in [0.2, 0.25) is 0 Å². The Morgan fingerprint density at radius 2 is 1.81 bits per heavy atom. The maximum Gasteiger partial charge on any atom is 0.301 e. The van der Waals surface area contributed by atoms with Crippen LogP contribution in [0.4, 0.5) is 17.1 Å². The van der Waals surface area contributed by atoms with E-state index in [9.17, 15) is 20.2 Å². The second-order valence-corrected chi connectivity index (χ2v) is 9.29. The number of benzene rings is 1. The van der Waals surface area contributed by atoms with Crippen LogP contribution in [0.5, 0.6) is 0 Å². The number of nitro groups is 2. The Balaban J connectivity index is 1.35. The minimum atomic E-state index is -0.631. The van der Waals surface area contributed by atoms with E-state index in [2.05, 4.69) is 26.5 Å². The summed E-state index contributed by atoms with van der Waals surface area (Å²) in [5.74, 6) is 5.54. The first-order chi connectivity index (χ1) is 12.5. The van der Waals surface area contributed by atoms with Gasteiger partial charge in [-0.05, 0) is 48.0 Å². The van der Waals surface area contributed by atoms with Gasteiger partial charge in [0.1, 0.15) is 5.69 Å². The third kappa shape index (κ3) is 1.51. The second kappa shape index (κ2) is 4.62. The quantitative estimate of drug-likeness (QED) is 0.457. The summed E-state index contributed by atoms with van der Waals surface area (Å²) in [6.07, 6.45) is 1.32. The van der Waals surface area contributed by atoms with Gasteiger partial charge in [-0.25, -0.2) is 0 Å². The van der Waals surface area contributed by atoms with Gasteiger partial charge in [-0.15, -0.1) is 0 Å². The molecule has 0 aliphatic heterocycles. The minimum Gasteiger partial charge on any atom is -0.272 e. The van der Waals surface area contributed by atoms with Crippen molar-refractivity contribution >= 4 is 38.7 Å². The Labute approximate surface area is 156 Å². The molecule has 6 aliphatic carbocycles. The van der Waals surface area contributed by atoms with Gasteiger partial charge in [0.05, 0.1) is 15.9 Å². The molecule has 0 heterocycles. The molecule has 0 spiro atoms. The van der Waals surface area contributed by atoms with Crippen molar-refractivity contribution in [2.24, 2.45) is 52.4 Å². The standard InChI is InChI=1S/C17H15BrN4O4/c18-16-12-6-4-7-10(12)15-14(16)11(6)13(7)17(15)20-19-8-2-1-5(21(23)24)3-9(8)22(25)26/h1-3,6-7,10-16,19H,4H2/b20-17-/t6-,7-,10+,11+,12-,13-,14-,15+,16+/m1/s1. The average Bonchev–Trinajstić information content (AvgIpc) is 3.35. The fourth-order valence-electron chi connectivity index (χ4n) is 7.38. The van der Waals surface area contributed by atoms with Crippen molar-refractivity contribution in [3.63, 3.8) is 0 Å². The van der Waals surface area contributed by atoms with Gasteiger partial charge >= 0.3 is 5.69 Å². The number of nitrogens with zero attached hydrogens (tertiary/aromatic N) is 3. The zero-order chi connectivity index (χ0) is 17.9. The molecule has 9 heteroatoms. The minimum absolute atomic E-state index is 0.210. The first-order valence-corrected chi connectivity index (χ1v) is 9.81. The highest BCUT2D eigenvalue weighted by atomic mass is 79.9. The lowest BCUT2D eigenvalue weighted by Crippen LogP contribution is -2.30. The maximum absolute atomic E-state index is 11.3. The van der Waals surface area contributed by atoms with E-state index in [1.165, 1.54) is 24.3 Å². The zero-order valence-corrected chi connectivity index (χ0v) is 15.1. The van der Waals surface area contributed by atoms with Gasteiger partial charge in [-0.3, -0.25) is 25.7 Å². The number of anilines is 1. The molecule has 0 aromatic heterocycles. The molecule has 6 saturated carbocycles. The summed E-state index contributed by atoms with van der Waals surface area (Å²) in [4.78, 5) is 21.5.